The Hall–Kier alpha value is -2.53. The molecule has 1 heterocycles. The SMILES string of the molecule is CCc1ncc(S(=O)(=O)Nc2cccc(OCC#N)c2)[nH]1. The van der Waals surface area contributed by atoms with E-state index >= 15 is 0 Å². The van der Waals surface area contributed by atoms with Crippen molar-refractivity contribution in [1.82, 2.24) is 9.97 Å². The zero-order valence-electron chi connectivity index (χ0n) is 11.3. The molecule has 7 nitrogen and oxygen atoms in total. The molecule has 110 valence electrons. The average Bonchev–Trinajstić information content (AvgIpc) is 2.95. The lowest BCUT2D eigenvalue weighted by Crippen LogP contribution is -2.13. The van der Waals surface area contributed by atoms with Gasteiger partial charge in [0, 0.05) is 12.5 Å². The molecule has 0 saturated carbocycles. The summed E-state index contributed by atoms with van der Waals surface area (Å²) >= 11 is 0. The van der Waals surface area contributed by atoms with E-state index in [0.717, 1.165) is 0 Å². The van der Waals surface area contributed by atoms with Gasteiger partial charge in [0.2, 0.25) is 0 Å². The van der Waals surface area contributed by atoms with Crippen molar-refractivity contribution in [2.24, 2.45) is 0 Å². The first-order valence-electron chi connectivity index (χ1n) is 6.21. The fourth-order valence-electron chi connectivity index (χ4n) is 1.63. The number of nitriles is 1. The summed E-state index contributed by atoms with van der Waals surface area (Å²) in [5.41, 5.74) is 0.345. The second-order valence-electron chi connectivity index (χ2n) is 4.13. The molecular formula is C13H14N4O3S. The largest absolute Gasteiger partial charge is 0.479 e. The number of sulfonamides is 1. The lowest BCUT2D eigenvalue weighted by atomic mass is 10.3. The number of aromatic nitrogens is 2. The standard InChI is InChI=1S/C13H14N4O3S/c1-2-12-15-9-13(16-12)21(18,19)17-10-4-3-5-11(8-10)20-7-6-14/h3-5,8-9,17H,2,7H2,1H3,(H,15,16). The van der Waals surface area contributed by atoms with E-state index in [1.807, 2.05) is 13.0 Å². The second kappa shape index (κ2) is 6.28. The van der Waals surface area contributed by atoms with E-state index in [2.05, 4.69) is 14.7 Å². The summed E-state index contributed by atoms with van der Waals surface area (Å²) in [5, 5.41) is 8.46. The number of nitrogens with one attached hydrogen (secondary N) is 2. The highest BCUT2D eigenvalue weighted by molar-refractivity contribution is 7.92. The summed E-state index contributed by atoms with van der Waals surface area (Å²) in [5.74, 6) is 1.01. The van der Waals surface area contributed by atoms with E-state index < -0.39 is 10.0 Å². The van der Waals surface area contributed by atoms with Crippen molar-refractivity contribution in [2.45, 2.75) is 18.4 Å². The molecular weight excluding hydrogens is 292 g/mol. The molecule has 2 N–H and O–H groups in total. The molecule has 0 aliphatic heterocycles. The van der Waals surface area contributed by atoms with Crippen LogP contribution in [0.5, 0.6) is 5.75 Å². The van der Waals surface area contributed by atoms with E-state index in [1.54, 1.807) is 18.2 Å². The van der Waals surface area contributed by atoms with Gasteiger partial charge in [0.1, 0.15) is 17.6 Å². The molecule has 2 rings (SSSR count). The third-order valence-electron chi connectivity index (χ3n) is 2.62. The Kier molecular flexibility index (Phi) is 4.45. The topological polar surface area (TPSA) is 108 Å². The van der Waals surface area contributed by atoms with Crippen LogP contribution in [-0.2, 0) is 16.4 Å². The molecule has 0 bridgehead atoms. The first-order valence-corrected chi connectivity index (χ1v) is 7.70. The summed E-state index contributed by atoms with van der Waals surface area (Å²) < 4.78 is 31.9. The Morgan fingerprint density at radius 1 is 1.48 bits per heavy atom. The maximum atomic E-state index is 12.2. The van der Waals surface area contributed by atoms with Gasteiger partial charge in [-0.15, -0.1) is 0 Å². The third-order valence-corrected chi connectivity index (χ3v) is 3.91. The van der Waals surface area contributed by atoms with E-state index in [1.165, 1.54) is 12.3 Å². The Balaban J connectivity index is 2.18. The number of hydrogen-bond acceptors (Lipinski definition) is 5. The van der Waals surface area contributed by atoms with Gasteiger partial charge in [-0.05, 0) is 12.1 Å². The number of hydrogen-bond donors (Lipinski definition) is 2. The van der Waals surface area contributed by atoms with Crippen molar-refractivity contribution < 1.29 is 13.2 Å². The van der Waals surface area contributed by atoms with Crippen LogP contribution in [0.25, 0.3) is 0 Å². The number of rotatable bonds is 6. The summed E-state index contributed by atoms with van der Waals surface area (Å²) in [4.78, 5) is 6.70. The van der Waals surface area contributed by atoms with Crippen LogP contribution >= 0.6 is 0 Å². The lowest BCUT2D eigenvalue weighted by molar-refractivity contribution is 0.368. The maximum Gasteiger partial charge on any atom is 0.278 e. The van der Waals surface area contributed by atoms with Crippen LogP contribution in [0.4, 0.5) is 5.69 Å². The van der Waals surface area contributed by atoms with Crippen LogP contribution in [0.2, 0.25) is 0 Å². The van der Waals surface area contributed by atoms with Crippen LogP contribution in [0.15, 0.2) is 35.5 Å². The van der Waals surface area contributed by atoms with Crippen LogP contribution < -0.4 is 9.46 Å². The van der Waals surface area contributed by atoms with Crippen molar-refractivity contribution in [1.29, 1.82) is 5.26 Å². The number of nitrogens with zero attached hydrogens (tertiary/aromatic N) is 2. The summed E-state index contributed by atoms with van der Waals surface area (Å²) in [6.07, 6.45) is 1.89. The monoisotopic (exact) mass is 306 g/mol. The van der Waals surface area contributed by atoms with Crippen molar-refractivity contribution in [3.8, 4) is 11.8 Å². The molecule has 2 aromatic rings. The molecule has 0 radical (unpaired) electrons. The summed E-state index contributed by atoms with van der Waals surface area (Å²) in [7, 11) is -3.73. The molecule has 0 aliphatic rings. The highest BCUT2D eigenvalue weighted by Gasteiger charge is 2.17. The second-order valence-corrected chi connectivity index (χ2v) is 5.78. The minimum Gasteiger partial charge on any atom is -0.479 e. The zero-order chi connectivity index (χ0) is 15.3. The van der Waals surface area contributed by atoms with Gasteiger partial charge >= 0.3 is 0 Å². The van der Waals surface area contributed by atoms with Crippen molar-refractivity contribution in [2.75, 3.05) is 11.3 Å². The van der Waals surface area contributed by atoms with Gasteiger partial charge < -0.3 is 9.72 Å². The lowest BCUT2D eigenvalue weighted by Gasteiger charge is -2.08. The predicted octanol–water partition coefficient (Wildman–Crippen LogP) is 1.68. The van der Waals surface area contributed by atoms with Gasteiger partial charge in [-0.25, -0.2) is 4.98 Å². The fourth-order valence-corrected chi connectivity index (χ4v) is 2.63. The van der Waals surface area contributed by atoms with Gasteiger partial charge in [-0.2, -0.15) is 13.7 Å². The molecule has 0 atom stereocenters. The molecule has 0 spiro atoms. The highest BCUT2D eigenvalue weighted by Crippen LogP contribution is 2.20. The van der Waals surface area contributed by atoms with Gasteiger partial charge in [0.25, 0.3) is 10.0 Å². The van der Waals surface area contributed by atoms with E-state index in [-0.39, 0.29) is 11.6 Å². The maximum absolute atomic E-state index is 12.2. The predicted molar refractivity (Wildman–Crippen MR) is 76.3 cm³/mol. The van der Waals surface area contributed by atoms with E-state index in [0.29, 0.717) is 23.7 Å². The Labute approximate surface area is 122 Å². The smallest absolute Gasteiger partial charge is 0.278 e. The van der Waals surface area contributed by atoms with Crippen LogP contribution in [0.1, 0.15) is 12.7 Å². The third kappa shape index (κ3) is 3.73. The summed E-state index contributed by atoms with van der Waals surface area (Å²) in [6, 6.07) is 8.22. The van der Waals surface area contributed by atoms with E-state index in [4.69, 9.17) is 10.00 Å². The number of anilines is 1. The molecule has 1 aromatic carbocycles. The minimum absolute atomic E-state index is 0.00250. The average molecular weight is 306 g/mol. The van der Waals surface area contributed by atoms with Gasteiger partial charge in [0.15, 0.2) is 11.6 Å². The van der Waals surface area contributed by atoms with Crippen LogP contribution in [-0.4, -0.2) is 25.0 Å². The number of benzene rings is 1. The fraction of sp³-hybridized carbons (Fsp3) is 0.231. The molecule has 0 amide bonds. The molecule has 1 aromatic heterocycles. The van der Waals surface area contributed by atoms with Crippen molar-refractivity contribution in [3.05, 3.63) is 36.3 Å². The van der Waals surface area contributed by atoms with Crippen molar-refractivity contribution in [3.63, 3.8) is 0 Å². The highest BCUT2D eigenvalue weighted by atomic mass is 32.2. The van der Waals surface area contributed by atoms with Gasteiger partial charge in [-0.1, -0.05) is 13.0 Å². The minimum atomic E-state index is -3.73. The van der Waals surface area contributed by atoms with Gasteiger partial charge in [0.05, 0.1) is 11.9 Å². The van der Waals surface area contributed by atoms with E-state index in [9.17, 15) is 8.42 Å². The molecule has 21 heavy (non-hydrogen) atoms. The Morgan fingerprint density at radius 2 is 2.29 bits per heavy atom. The molecule has 0 aliphatic carbocycles. The molecule has 0 unspecified atom stereocenters. The van der Waals surface area contributed by atoms with Crippen molar-refractivity contribution >= 4 is 15.7 Å². The Bertz CT molecular complexity index is 762. The molecule has 0 fully saturated rings. The summed E-state index contributed by atoms with van der Waals surface area (Å²) in [6.45, 7) is 1.77. The normalized spacial score (nSPS) is 10.9. The number of aromatic amines is 1. The first-order chi connectivity index (χ1) is 10.0. The van der Waals surface area contributed by atoms with Gasteiger partial charge in [-0.3, -0.25) is 4.72 Å². The molecule has 0 saturated heterocycles. The number of ether oxygens (including phenoxy) is 1. The van der Waals surface area contributed by atoms with Crippen LogP contribution in [0, 0.1) is 11.3 Å². The number of imidazole rings is 1. The van der Waals surface area contributed by atoms with Crippen LogP contribution in [0.3, 0.4) is 0 Å². The Morgan fingerprint density at radius 3 is 2.95 bits per heavy atom. The molecule has 8 heteroatoms. The number of H-pyrrole nitrogens is 1. The zero-order valence-corrected chi connectivity index (χ0v) is 12.1. The number of aryl methyl sites for hydroxylation is 1. The first kappa shape index (κ1) is 14.9. The quantitative estimate of drug-likeness (QED) is 0.844.